The summed E-state index contributed by atoms with van der Waals surface area (Å²) in [5.41, 5.74) is -0.249. The smallest absolute Gasteiger partial charge is 0.341 e. The van der Waals surface area contributed by atoms with Crippen LogP contribution in [0.15, 0.2) is 12.5 Å². The minimum absolute atomic E-state index is 0.0302. The van der Waals surface area contributed by atoms with Crippen LogP contribution in [-0.4, -0.2) is 52.5 Å². The fraction of sp³-hybridized carbons (Fsp3) is 0.583. The van der Waals surface area contributed by atoms with Gasteiger partial charge >= 0.3 is 5.97 Å². The minimum atomic E-state index is -1.08. The number of carboxylic acid groups (broad SMARTS) is 1. The van der Waals surface area contributed by atoms with Crippen LogP contribution in [0, 0.1) is 5.41 Å². The van der Waals surface area contributed by atoms with Crippen LogP contribution >= 0.6 is 0 Å². The number of hydrogen-bond donors (Lipinski definition) is 3. The van der Waals surface area contributed by atoms with E-state index in [0.717, 1.165) is 12.8 Å². The average Bonchev–Trinajstić information content (AvgIpc) is 2.46. The molecule has 0 aromatic carbocycles. The van der Waals surface area contributed by atoms with E-state index in [2.05, 4.69) is 15.3 Å². The largest absolute Gasteiger partial charge is 0.477 e. The first kappa shape index (κ1) is 13.7. The molecule has 1 aliphatic rings. The Morgan fingerprint density at radius 3 is 2.84 bits per heavy atom. The second-order valence-electron chi connectivity index (χ2n) is 4.71. The van der Waals surface area contributed by atoms with Crippen LogP contribution in [0.2, 0.25) is 0 Å². The van der Waals surface area contributed by atoms with Crippen LogP contribution in [0.4, 0.5) is 5.82 Å². The maximum Gasteiger partial charge on any atom is 0.341 e. The van der Waals surface area contributed by atoms with Crippen LogP contribution < -0.4 is 5.32 Å². The lowest BCUT2D eigenvalue weighted by Crippen LogP contribution is -2.39. The van der Waals surface area contributed by atoms with E-state index >= 15 is 0 Å². The number of carbonyl (C=O) groups is 1. The number of aliphatic hydroxyl groups excluding tert-OH is 1. The highest BCUT2D eigenvalue weighted by atomic mass is 16.5. The van der Waals surface area contributed by atoms with Crippen LogP contribution in [-0.2, 0) is 4.74 Å². The molecule has 104 valence electrons. The molecular weight excluding hydrogens is 250 g/mol. The van der Waals surface area contributed by atoms with Crippen molar-refractivity contribution in [3.63, 3.8) is 0 Å². The number of nitrogens with zero attached hydrogens (tertiary/aromatic N) is 2. The van der Waals surface area contributed by atoms with Crippen molar-refractivity contribution in [3.05, 3.63) is 18.1 Å². The Kier molecular flexibility index (Phi) is 4.28. The Balaban J connectivity index is 2.07. The summed E-state index contributed by atoms with van der Waals surface area (Å²) in [6.07, 6.45) is 4.03. The molecule has 0 unspecified atom stereocenters. The molecule has 2 heterocycles. The summed E-state index contributed by atoms with van der Waals surface area (Å²) in [4.78, 5) is 18.7. The first-order valence-corrected chi connectivity index (χ1v) is 6.13. The molecule has 1 fully saturated rings. The van der Waals surface area contributed by atoms with Crippen LogP contribution in [0.3, 0.4) is 0 Å². The molecule has 0 radical (unpaired) electrons. The second-order valence-corrected chi connectivity index (χ2v) is 4.71. The molecule has 0 spiro atoms. The molecule has 0 aliphatic carbocycles. The Morgan fingerprint density at radius 2 is 2.21 bits per heavy atom. The summed E-state index contributed by atoms with van der Waals surface area (Å²) in [5.74, 6) is -0.796. The lowest BCUT2D eigenvalue weighted by atomic mass is 9.81. The predicted molar refractivity (Wildman–Crippen MR) is 67.1 cm³/mol. The van der Waals surface area contributed by atoms with Gasteiger partial charge in [-0.2, -0.15) is 0 Å². The first-order chi connectivity index (χ1) is 9.17. The summed E-state index contributed by atoms with van der Waals surface area (Å²) < 4.78 is 5.28. The van der Waals surface area contributed by atoms with Gasteiger partial charge in [-0.05, 0) is 12.8 Å². The highest BCUT2D eigenvalue weighted by Crippen LogP contribution is 2.30. The standard InChI is InChI=1S/C12H17N3O4/c16-7-12(1-3-19-4-2-12)6-14-10-9(11(17)18)5-13-8-15-10/h5,8,16H,1-4,6-7H2,(H,17,18)(H,13,14,15). The van der Waals surface area contributed by atoms with Crippen molar-refractivity contribution in [2.75, 3.05) is 31.7 Å². The zero-order valence-corrected chi connectivity index (χ0v) is 10.5. The summed E-state index contributed by atoms with van der Waals surface area (Å²) >= 11 is 0. The minimum Gasteiger partial charge on any atom is -0.477 e. The number of aliphatic hydroxyl groups is 1. The number of rotatable bonds is 5. The molecule has 1 aliphatic heterocycles. The van der Waals surface area contributed by atoms with Crippen molar-refractivity contribution >= 4 is 11.8 Å². The Hall–Kier alpha value is -1.73. The van der Waals surface area contributed by atoms with Crippen molar-refractivity contribution in [1.82, 2.24) is 9.97 Å². The lowest BCUT2D eigenvalue weighted by molar-refractivity contribution is -0.00863. The van der Waals surface area contributed by atoms with Gasteiger partial charge in [-0.25, -0.2) is 14.8 Å². The molecule has 3 N–H and O–H groups in total. The molecule has 1 aromatic rings. The van der Waals surface area contributed by atoms with Crippen LogP contribution in [0.25, 0.3) is 0 Å². The Bertz CT molecular complexity index is 446. The summed E-state index contributed by atoms with van der Waals surface area (Å²) in [5, 5.41) is 21.6. The fourth-order valence-corrected chi connectivity index (χ4v) is 2.09. The number of aromatic nitrogens is 2. The first-order valence-electron chi connectivity index (χ1n) is 6.13. The van der Waals surface area contributed by atoms with Crippen molar-refractivity contribution in [3.8, 4) is 0 Å². The van der Waals surface area contributed by atoms with E-state index in [4.69, 9.17) is 9.84 Å². The van der Waals surface area contributed by atoms with Gasteiger partial charge in [-0.15, -0.1) is 0 Å². The van der Waals surface area contributed by atoms with Crippen molar-refractivity contribution < 1.29 is 19.7 Å². The topological polar surface area (TPSA) is 105 Å². The fourth-order valence-electron chi connectivity index (χ4n) is 2.09. The van der Waals surface area contributed by atoms with E-state index in [1.807, 2.05) is 0 Å². The van der Waals surface area contributed by atoms with Gasteiger partial charge in [0.15, 0.2) is 0 Å². The van der Waals surface area contributed by atoms with Crippen molar-refractivity contribution in [2.24, 2.45) is 5.41 Å². The van der Waals surface area contributed by atoms with Gasteiger partial charge in [0.1, 0.15) is 17.7 Å². The number of anilines is 1. The molecule has 7 nitrogen and oxygen atoms in total. The number of ether oxygens (including phenoxy) is 1. The molecule has 0 amide bonds. The zero-order chi connectivity index (χ0) is 13.7. The number of aromatic carboxylic acids is 1. The van der Waals surface area contributed by atoms with Gasteiger partial charge in [-0.1, -0.05) is 0 Å². The van der Waals surface area contributed by atoms with E-state index in [-0.39, 0.29) is 23.4 Å². The molecular formula is C12H17N3O4. The summed E-state index contributed by atoms with van der Waals surface area (Å²) in [6.45, 7) is 1.72. The quantitative estimate of drug-likeness (QED) is 0.708. The van der Waals surface area contributed by atoms with E-state index in [1.54, 1.807) is 0 Å². The number of hydrogen-bond acceptors (Lipinski definition) is 6. The predicted octanol–water partition coefficient (Wildman–Crippen LogP) is 0.376. The van der Waals surface area contributed by atoms with Gasteiger partial charge in [-0.3, -0.25) is 0 Å². The van der Waals surface area contributed by atoms with E-state index in [1.165, 1.54) is 12.5 Å². The molecule has 1 aromatic heterocycles. The SMILES string of the molecule is O=C(O)c1cncnc1NCC1(CO)CCOCC1. The maximum atomic E-state index is 11.0. The molecule has 0 bridgehead atoms. The molecule has 2 rings (SSSR count). The number of carboxylic acids is 1. The highest BCUT2D eigenvalue weighted by molar-refractivity contribution is 5.92. The third kappa shape index (κ3) is 3.18. The van der Waals surface area contributed by atoms with Crippen molar-refractivity contribution in [1.29, 1.82) is 0 Å². The van der Waals surface area contributed by atoms with Gasteiger partial charge < -0.3 is 20.3 Å². The maximum absolute atomic E-state index is 11.0. The third-order valence-corrected chi connectivity index (χ3v) is 3.46. The molecule has 0 atom stereocenters. The molecule has 19 heavy (non-hydrogen) atoms. The van der Waals surface area contributed by atoms with E-state index in [9.17, 15) is 9.90 Å². The average molecular weight is 267 g/mol. The molecule has 7 heteroatoms. The molecule has 0 saturated carbocycles. The summed E-state index contributed by atoms with van der Waals surface area (Å²) in [7, 11) is 0. The van der Waals surface area contributed by atoms with Crippen LogP contribution in [0.5, 0.6) is 0 Å². The zero-order valence-electron chi connectivity index (χ0n) is 10.5. The van der Waals surface area contributed by atoms with Crippen molar-refractivity contribution in [2.45, 2.75) is 12.8 Å². The van der Waals surface area contributed by atoms with E-state index < -0.39 is 5.97 Å². The van der Waals surface area contributed by atoms with Gasteiger partial charge in [0.25, 0.3) is 0 Å². The Labute approximate surface area is 110 Å². The third-order valence-electron chi connectivity index (χ3n) is 3.46. The Morgan fingerprint density at radius 1 is 1.47 bits per heavy atom. The van der Waals surface area contributed by atoms with Gasteiger partial charge in [0, 0.05) is 31.4 Å². The lowest BCUT2D eigenvalue weighted by Gasteiger charge is -2.35. The van der Waals surface area contributed by atoms with Gasteiger partial charge in [0.2, 0.25) is 0 Å². The highest BCUT2D eigenvalue weighted by Gasteiger charge is 2.32. The van der Waals surface area contributed by atoms with E-state index in [0.29, 0.717) is 19.8 Å². The van der Waals surface area contributed by atoms with Crippen LogP contribution in [0.1, 0.15) is 23.2 Å². The van der Waals surface area contributed by atoms with Gasteiger partial charge in [0.05, 0.1) is 6.61 Å². The monoisotopic (exact) mass is 267 g/mol. The normalized spacial score (nSPS) is 17.9. The molecule has 1 saturated heterocycles. The summed E-state index contributed by atoms with van der Waals surface area (Å²) in [6, 6.07) is 0. The number of nitrogens with one attached hydrogen (secondary N) is 1. The second kappa shape index (κ2) is 5.94.